The lowest BCUT2D eigenvalue weighted by Crippen LogP contribution is -2.52. The molecular formula is C13H19FN2. The molecule has 0 spiro atoms. The molecule has 2 rings (SSSR count). The van der Waals surface area contributed by atoms with Crippen LogP contribution in [0, 0.1) is 17.2 Å². The van der Waals surface area contributed by atoms with Gasteiger partial charge in [-0.05, 0) is 29.5 Å². The summed E-state index contributed by atoms with van der Waals surface area (Å²) in [6.45, 7) is 8.52. The van der Waals surface area contributed by atoms with Crippen LogP contribution in [0.5, 0.6) is 0 Å². The summed E-state index contributed by atoms with van der Waals surface area (Å²) in [5, 5.41) is 0. The first-order valence-corrected chi connectivity index (χ1v) is 5.68. The quantitative estimate of drug-likeness (QED) is 0.740. The fraction of sp³-hybridized carbons (Fsp3) is 0.538. The molecule has 0 aromatic heterocycles. The molecule has 88 valence electrons. The summed E-state index contributed by atoms with van der Waals surface area (Å²) in [6.07, 6.45) is 0. The number of halogens is 1. The fourth-order valence-electron chi connectivity index (χ4n) is 2.00. The Kier molecular flexibility index (Phi) is 2.56. The number of benzene rings is 1. The number of rotatable bonds is 1. The molecule has 1 aromatic rings. The van der Waals surface area contributed by atoms with E-state index in [1.165, 1.54) is 6.07 Å². The predicted molar refractivity (Wildman–Crippen MR) is 66.0 cm³/mol. The van der Waals surface area contributed by atoms with Gasteiger partial charge in [-0.25, -0.2) is 4.39 Å². The van der Waals surface area contributed by atoms with E-state index in [0.29, 0.717) is 22.7 Å². The van der Waals surface area contributed by atoms with Gasteiger partial charge >= 0.3 is 0 Å². The smallest absolute Gasteiger partial charge is 0.146 e. The lowest BCUT2D eigenvalue weighted by atomic mass is 9.76. The standard InChI is InChI=1S/C13H19FN2/c1-13(2,3)9-7-16(8-9)12-6-10(15)4-5-11(12)14/h4-6,9H,7-8,15H2,1-3H3. The van der Waals surface area contributed by atoms with Crippen molar-refractivity contribution >= 4 is 11.4 Å². The summed E-state index contributed by atoms with van der Waals surface area (Å²) in [7, 11) is 0. The number of hydrogen-bond acceptors (Lipinski definition) is 2. The molecule has 0 radical (unpaired) electrons. The molecule has 1 aliphatic rings. The Morgan fingerprint density at radius 1 is 1.31 bits per heavy atom. The van der Waals surface area contributed by atoms with Crippen LogP contribution in [0.2, 0.25) is 0 Å². The first-order valence-electron chi connectivity index (χ1n) is 5.68. The lowest BCUT2D eigenvalue weighted by molar-refractivity contribution is 0.194. The average molecular weight is 222 g/mol. The molecule has 0 atom stereocenters. The maximum absolute atomic E-state index is 13.6. The maximum Gasteiger partial charge on any atom is 0.146 e. The van der Waals surface area contributed by atoms with Gasteiger partial charge in [0.15, 0.2) is 0 Å². The van der Waals surface area contributed by atoms with Crippen molar-refractivity contribution in [3.8, 4) is 0 Å². The Balaban J connectivity index is 2.09. The van der Waals surface area contributed by atoms with E-state index >= 15 is 0 Å². The average Bonchev–Trinajstić information content (AvgIpc) is 2.06. The van der Waals surface area contributed by atoms with Gasteiger partial charge in [-0.15, -0.1) is 0 Å². The molecule has 1 aliphatic heterocycles. The summed E-state index contributed by atoms with van der Waals surface area (Å²) in [6, 6.07) is 4.75. The molecular weight excluding hydrogens is 203 g/mol. The van der Waals surface area contributed by atoms with Crippen LogP contribution >= 0.6 is 0 Å². The Morgan fingerprint density at radius 2 is 1.94 bits per heavy atom. The van der Waals surface area contributed by atoms with Crippen LogP contribution in [0.3, 0.4) is 0 Å². The predicted octanol–water partition coefficient (Wildman–Crippen LogP) is 2.89. The highest BCUT2D eigenvalue weighted by molar-refractivity contribution is 5.58. The van der Waals surface area contributed by atoms with Crippen molar-refractivity contribution in [3.63, 3.8) is 0 Å². The minimum Gasteiger partial charge on any atom is -0.399 e. The molecule has 1 aromatic carbocycles. The van der Waals surface area contributed by atoms with E-state index in [2.05, 4.69) is 25.7 Å². The largest absolute Gasteiger partial charge is 0.399 e. The van der Waals surface area contributed by atoms with Crippen molar-refractivity contribution in [2.75, 3.05) is 23.7 Å². The molecule has 0 aliphatic carbocycles. The Bertz CT molecular complexity index is 389. The summed E-state index contributed by atoms with van der Waals surface area (Å²) in [5.41, 5.74) is 7.23. The SMILES string of the molecule is CC(C)(C)C1CN(c2cc(N)ccc2F)C1. The third-order valence-electron chi connectivity index (χ3n) is 3.42. The normalized spacial score (nSPS) is 17.4. The number of nitrogens with zero attached hydrogens (tertiary/aromatic N) is 1. The minimum atomic E-state index is -0.179. The molecule has 2 N–H and O–H groups in total. The van der Waals surface area contributed by atoms with E-state index in [1.807, 2.05) is 0 Å². The van der Waals surface area contributed by atoms with E-state index < -0.39 is 0 Å². The van der Waals surface area contributed by atoms with Gasteiger partial charge in [0.1, 0.15) is 5.82 Å². The fourth-order valence-corrected chi connectivity index (χ4v) is 2.00. The first-order chi connectivity index (χ1) is 7.38. The zero-order chi connectivity index (χ0) is 11.9. The van der Waals surface area contributed by atoms with Gasteiger partial charge in [0.25, 0.3) is 0 Å². The van der Waals surface area contributed by atoms with E-state index in [4.69, 9.17) is 5.73 Å². The van der Waals surface area contributed by atoms with Crippen LogP contribution in [0.15, 0.2) is 18.2 Å². The monoisotopic (exact) mass is 222 g/mol. The molecule has 16 heavy (non-hydrogen) atoms. The highest BCUT2D eigenvalue weighted by Gasteiger charge is 2.36. The maximum atomic E-state index is 13.6. The Labute approximate surface area is 96.2 Å². The van der Waals surface area contributed by atoms with Gasteiger partial charge in [0, 0.05) is 18.8 Å². The van der Waals surface area contributed by atoms with Gasteiger partial charge in [-0.2, -0.15) is 0 Å². The molecule has 1 fully saturated rings. The van der Waals surface area contributed by atoms with Crippen molar-refractivity contribution in [1.82, 2.24) is 0 Å². The van der Waals surface area contributed by atoms with Crippen LogP contribution < -0.4 is 10.6 Å². The van der Waals surface area contributed by atoms with Crippen molar-refractivity contribution in [1.29, 1.82) is 0 Å². The second-order valence-corrected chi connectivity index (χ2v) is 5.68. The minimum absolute atomic E-state index is 0.179. The molecule has 3 heteroatoms. The van der Waals surface area contributed by atoms with E-state index in [0.717, 1.165) is 13.1 Å². The van der Waals surface area contributed by atoms with E-state index in [9.17, 15) is 4.39 Å². The van der Waals surface area contributed by atoms with Gasteiger partial charge < -0.3 is 10.6 Å². The zero-order valence-electron chi connectivity index (χ0n) is 10.1. The van der Waals surface area contributed by atoms with Crippen LogP contribution in [-0.4, -0.2) is 13.1 Å². The Hall–Kier alpha value is -1.25. The third-order valence-corrected chi connectivity index (χ3v) is 3.42. The highest BCUT2D eigenvalue weighted by Crippen LogP contribution is 2.37. The molecule has 2 nitrogen and oxygen atoms in total. The highest BCUT2D eigenvalue weighted by atomic mass is 19.1. The van der Waals surface area contributed by atoms with Gasteiger partial charge in [0.05, 0.1) is 5.69 Å². The van der Waals surface area contributed by atoms with Gasteiger partial charge in [0.2, 0.25) is 0 Å². The molecule has 0 amide bonds. The van der Waals surface area contributed by atoms with Crippen LogP contribution in [-0.2, 0) is 0 Å². The van der Waals surface area contributed by atoms with Crippen molar-refractivity contribution in [2.45, 2.75) is 20.8 Å². The topological polar surface area (TPSA) is 29.3 Å². The second kappa shape index (κ2) is 3.65. The zero-order valence-corrected chi connectivity index (χ0v) is 10.1. The van der Waals surface area contributed by atoms with Gasteiger partial charge in [-0.3, -0.25) is 0 Å². The molecule has 1 saturated heterocycles. The lowest BCUT2D eigenvalue weighted by Gasteiger charge is -2.47. The summed E-state index contributed by atoms with van der Waals surface area (Å²) >= 11 is 0. The van der Waals surface area contributed by atoms with Crippen molar-refractivity contribution in [2.24, 2.45) is 11.3 Å². The van der Waals surface area contributed by atoms with Crippen LogP contribution in [0.1, 0.15) is 20.8 Å². The summed E-state index contributed by atoms with van der Waals surface area (Å²) in [4.78, 5) is 2.06. The number of hydrogen-bond donors (Lipinski definition) is 1. The molecule has 0 unspecified atom stereocenters. The van der Waals surface area contributed by atoms with Crippen molar-refractivity contribution in [3.05, 3.63) is 24.0 Å². The third kappa shape index (κ3) is 1.99. The van der Waals surface area contributed by atoms with Crippen molar-refractivity contribution < 1.29 is 4.39 Å². The molecule has 0 bridgehead atoms. The number of nitrogens with two attached hydrogens (primary N) is 1. The van der Waals surface area contributed by atoms with Crippen LogP contribution in [0.4, 0.5) is 15.8 Å². The van der Waals surface area contributed by atoms with E-state index in [1.54, 1.807) is 12.1 Å². The second-order valence-electron chi connectivity index (χ2n) is 5.68. The van der Waals surface area contributed by atoms with E-state index in [-0.39, 0.29) is 5.82 Å². The molecule has 1 heterocycles. The molecule has 0 saturated carbocycles. The van der Waals surface area contributed by atoms with Crippen LogP contribution in [0.25, 0.3) is 0 Å². The number of anilines is 2. The number of nitrogen functional groups attached to an aromatic ring is 1. The summed E-state index contributed by atoms with van der Waals surface area (Å²) < 4.78 is 13.6. The first kappa shape index (κ1) is 11.2. The Morgan fingerprint density at radius 3 is 2.50 bits per heavy atom. The van der Waals surface area contributed by atoms with Gasteiger partial charge in [-0.1, -0.05) is 20.8 Å². The summed E-state index contributed by atoms with van der Waals surface area (Å²) in [5.74, 6) is 0.454.